The van der Waals surface area contributed by atoms with Gasteiger partial charge in [-0.2, -0.15) is 15.0 Å². The van der Waals surface area contributed by atoms with Crippen LogP contribution >= 0.6 is 11.6 Å². The first kappa shape index (κ1) is 15.3. The van der Waals surface area contributed by atoms with E-state index in [1.807, 2.05) is 36.4 Å². The van der Waals surface area contributed by atoms with Gasteiger partial charge in [0.2, 0.25) is 11.2 Å². The van der Waals surface area contributed by atoms with Gasteiger partial charge >= 0.3 is 0 Å². The van der Waals surface area contributed by atoms with E-state index < -0.39 is 0 Å². The van der Waals surface area contributed by atoms with Crippen molar-refractivity contribution in [1.29, 1.82) is 0 Å². The molecule has 4 nitrogen and oxygen atoms in total. The Hall–Kier alpha value is -2.98. The third kappa shape index (κ3) is 2.42. The highest BCUT2D eigenvalue weighted by Crippen LogP contribution is 2.33. The fourth-order valence-corrected chi connectivity index (χ4v) is 3.71. The van der Waals surface area contributed by atoms with Crippen molar-refractivity contribution in [1.82, 2.24) is 19.5 Å². The minimum absolute atomic E-state index is 0.201. The molecule has 0 fully saturated rings. The predicted octanol–water partition coefficient (Wildman–Crippen LogP) is 5.10. The van der Waals surface area contributed by atoms with Crippen LogP contribution in [0.25, 0.3) is 34.3 Å². The smallest absolute Gasteiger partial charge is 0.239 e. The van der Waals surface area contributed by atoms with Crippen LogP contribution in [0.2, 0.25) is 5.28 Å². The number of hydrogen-bond acceptors (Lipinski definition) is 3. The van der Waals surface area contributed by atoms with Gasteiger partial charge in [-0.25, -0.2) is 0 Å². The second-order valence-corrected chi connectivity index (χ2v) is 6.59. The van der Waals surface area contributed by atoms with Crippen molar-refractivity contribution in [3.63, 3.8) is 0 Å². The molecule has 1 aliphatic carbocycles. The highest BCUT2D eigenvalue weighted by atomic mass is 35.5. The molecule has 2 heterocycles. The van der Waals surface area contributed by atoms with Gasteiger partial charge in [0.25, 0.3) is 0 Å². The van der Waals surface area contributed by atoms with E-state index in [0.717, 1.165) is 23.9 Å². The first-order chi connectivity index (χ1) is 12.8. The van der Waals surface area contributed by atoms with Crippen LogP contribution in [0.1, 0.15) is 17.7 Å². The number of benzene rings is 2. The van der Waals surface area contributed by atoms with Gasteiger partial charge in [0, 0.05) is 22.2 Å². The molecule has 0 radical (unpaired) electrons. The van der Waals surface area contributed by atoms with E-state index in [1.165, 1.54) is 16.6 Å². The van der Waals surface area contributed by atoms with Gasteiger partial charge in [-0.3, -0.25) is 4.57 Å². The van der Waals surface area contributed by atoms with Crippen molar-refractivity contribution in [2.45, 2.75) is 12.8 Å². The largest absolute Gasteiger partial charge is 0.282 e. The summed E-state index contributed by atoms with van der Waals surface area (Å²) in [5.74, 6) is 1.15. The normalized spacial score (nSPS) is 13.1. The number of fused-ring (bicyclic) bond motifs is 3. The van der Waals surface area contributed by atoms with Crippen LogP contribution in [0.4, 0.5) is 0 Å². The molecule has 0 unspecified atom stereocenters. The Kier molecular flexibility index (Phi) is 3.57. The molecule has 0 bridgehead atoms. The number of allylic oxidation sites excluding steroid dienone is 1. The second-order valence-electron chi connectivity index (χ2n) is 6.25. The third-order valence-electron chi connectivity index (χ3n) is 4.68. The minimum Gasteiger partial charge on any atom is -0.282 e. The quantitative estimate of drug-likeness (QED) is 0.501. The van der Waals surface area contributed by atoms with Crippen molar-refractivity contribution in [3.05, 3.63) is 77.2 Å². The van der Waals surface area contributed by atoms with Gasteiger partial charge in [0.15, 0.2) is 5.82 Å². The Morgan fingerprint density at radius 2 is 1.69 bits per heavy atom. The van der Waals surface area contributed by atoms with Crippen LogP contribution < -0.4 is 0 Å². The van der Waals surface area contributed by atoms with Crippen molar-refractivity contribution in [3.8, 4) is 17.3 Å². The molecule has 5 heteroatoms. The summed E-state index contributed by atoms with van der Waals surface area (Å²) < 4.78 is 2.12. The molecule has 26 heavy (non-hydrogen) atoms. The molecule has 0 amide bonds. The van der Waals surface area contributed by atoms with E-state index in [1.54, 1.807) is 0 Å². The Morgan fingerprint density at radius 3 is 2.58 bits per heavy atom. The van der Waals surface area contributed by atoms with Gasteiger partial charge in [-0.15, -0.1) is 0 Å². The Balaban J connectivity index is 1.79. The fourth-order valence-electron chi connectivity index (χ4n) is 3.56. The number of halogens is 1. The zero-order chi connectivity index (χ0) is 17.5. The lowest BCUT2D eigenvalue weighted by atomic mass is 10.0. The molecule has 4 aromatic rings. The number of aromatic nitrogens is 4. The summed E-state index contributed by atoms with van der Waals surface area (Å²) in [5.41, 5.74) is 4.47. The van der Waals surface area contributed by atoms with Gasteiger partial charge in [-0.1, -0.05) is 60.7 Å². The number of hydrogen-bond donors (Lipinski definition) is 0. The number of para-hydroxylation sites is 1. The van der Waals surface area contributed by atoms with E-state index >= 15 is 0 Å². The van der Waals surface area contributed by atoms with Gasteiger partial charge in [0.1, 0.15) is 0 Å². The monoisotopic (exact) mass is 358 g/mol. The Labute approximate surface area is 155 Å². The summed E-state index contributed by atoms with van der Waals surface area (Å²) in [4.78, 5) is 13.5. The van der Waals surface area contributed by atoms with Crippen molar-refractivity contribution >= 4 is 28.6 Å². The Bertz CT molecular complexity index is 1150. The third-order valence-corrected chi connectivity index (χ3v) is 4.85. The molecule has 0 spiro atoms. The standard InChI is InChI=1S/C21H15ClN4/c22-20-23-19(14-8-2-1-3-9-14)24-21(25-20)26-17-12-6-4-10-15(17)16-11-5-7-13-18(16)26/h1-6,8-12H,7,13H2. The molecule has 126 valence electrons. The molecule has 0 saturated heterocycles. The first-order valence-electron chi connectivity index (χ1n) is 8.57. The SMILES string of the molecule is Clc1nc(-c2ccccc2)nc(-n2c3c(c4ccccc42)C=CCC3)n1. The molecule has 1 aliphatic rings. The van der Waals surface area contributed by atoms with E-state index in [0.29, 0.717) is 11.8 Å². The molecule has 2 aromatic carbocycles. The maximum Gasteiger partial charge on any atom is 0.239 e. The summed E-state index contributed by atoms with van der Waals surface area (Å²) in [6.45, 7) is 0. The van der Waals surface area contributed by atoms with E-state index in [4.69, 9.17) is 16.6 Å². The van der Waals surface area contributed by atoms with Crippen molar-refractivity contribution in [2.75, 3.05) is 0 Å². The summed E-state index contributed by atoms with van der Waals surface area (Å²) in [6, 6.07) is 18.2. The first-order valence-corrected chi connectivity index (χ1v) is 8.95. The lowest BCUT2D eigenvalue weighted by Gasteiger charge is -2.12. The second kappa shape index (κ2) is 6.07. The van der Waals surface area contributed by atoms with E-state index in [-0.39, 0.29) is 5.28 Å². The summed E-state index contributed by atoms with van der Waals surface area (Å²) >= 11 is 6.26. The molecule has 0 atom stereocenters. The topological polar surface area (TPSA) is 43.6 Å². The van der Waals surface area contributed by atoms with Crippen LogP contribution in [0.15, 0.2) is 60.7 Å². The Morgan fingerprint density at radius 1 is 0.885 bits per heavy atom. The summed E-state index contributed by atoms with van der Waals surface area (Å²) in [5, 5.41) is 1.41. The average Bonchev–Trinajstić information content (AvgIpc) is 3.03. The molecule has 0 aliphatic heterocycles. The molecule has 0 saturated carbocycles. The van der Waals surface area contributed by atoms with Gasteiger partial charge < -0.3 is 0 Å². The predicted molar refractivity (Wildman–Crippen MR) is 104 cm³/mol. The molecule has 2 aromatic heterocycles. The van der Waals surface area contributed by atoms with Gasteiger partial charge in [-0.05, 0) is 30.5 Å². The van der Waals surface area contributed by atoms with Crippen LogP contribution in [-0.4, -0.2) is 19.5 Å². The van der Waals surface area contributed by atoms with Crippen LogP contribution in [-0.2, 0) is 6.42 Å². The fraction of sp³-hybridized carbons (Fsp3) is 0.0952. The van der Waals surface area contributed by atoms with E-state index in [9.17, 15) is 0 Å². The number of rotatable bonds is 2. The van der Waals surface area contributed by atoms with E-state index in [2.05, 4.69) is 44.9 Å². The average molecular weight is 359 g/mol. The van der Waals surface area contributed by atoms with Crippen LogP contribution in [0.3, 0.4) is 0 Å². The number of nitrogens with zero attached hydrogens (tertiary/aromatic N) is 4. The molecular weight excluding hydrogens is 344 g/mol. The lowest BCUT2D eigenvalue weighted by molar-refractivity contribution is 0.836. The summed E-state index contributed by atoms with van der Waals surface area (Å²) in [6.07, 6.45) is 6.37. The molecular formula is C21H15ClN4. The van der Waals surface area contributed by atoms with Crippen LogP contribution in [0, 0.1) is 0 Å². The summed E-state index contributed by atoms with van der Waals surface area (Å²) in [7, 11) is 0. The minimum atomic E-state index is 0.201. The van der Waals surface area contributed by atoms with Crippen LogP contribution in [0.5, 0.6) is 0 Å². The highest BCUT2D eigenvalue weighted by molar-refractivity contribution is 6.28. The molecule has 5 rings (SSSR count). The zero-order valence-electron chi connectivity index (χ0n) is 13.9. The maximum absolute atomic E-state index is 6.26. The highest BCUT2D eigenvalue weighted by Gasteiger charge is 2.20. The molecule has 0 N–H and O–H groups in total. The lowest BCUT2D eigenvalue weighted by Crippen LogP contribution is -2.09. The van der Waals surface area contributed by atoms with Gasteiger partial charge in [0.05, 0.1) is 5.52 Å². The zero-order valence-corrected chi connectivity index (χ0v) is 14.7. The maximum atomic E-state index is 6.26. The van der Waals surface area contributed by atoms with Crippen molar-refractivity contribution in [2.24, 2.45) is 0 Å². The van der Waals surface area contributed by atoms with Crippen molar-refractivity contribution < 1.29 is 0 Å².